The molecule has 1 aromatic carbocycles. The maximum atomic E-state index is 12.5. The lowest BCUT2D eigenvalue weighted by Gasteiger charge is -2.25. The average Bonchev–Trinajstić information content (AvgIpc) is 2.84. The van der Waals surface area contributed by atoms with Crippen LogP contribution >= 0.6 is 0 Å². The van der Waals surface area contributed by atoms with Gasteiger partial charge in [0.1, 0.15) is 5.78 Å². The number of aryl methyl sites for hydroxylation is 2. The number of Topliss-reactive ketones (excluding diaryl/α,β-unsaturated/α-hetero) is 1. The van der Waals surface area contributed by atoms with E-state index in [1.807, 2.05) is 0 Å². The number of hydrogen-bond acceptors (Lipinski definition) is 2. The molecule has 0 saturated carbocycles. The van der Waals surface area contributed by atoms with Crippen LogP contribution in [0.3, 0.4) is 0 Å². The Morgan fingerprint density at radius 2 is 2.11 bits per heavy atom. The lowest BCUT2D eigenvalue weighted by atomic mass is 9.77. The molecule has 1 aliphatic heterocycles. The van der Waals surface area contributed by atoms with E-state index in [0.29, 0.717) is 12.2 Å². The van der Waals surface area contributed by atoms with Gasteiger partial charge in [-0.25, -0.2) is 0 Å². The van der Waals surface area contributed by atoms with Crippen LogP contribution in [0.5, 0.6) is 0 Å². The Kier molecular flexibility index (Phi) is 3.86. The fraction of sp³-hybridized carbons (Fsp3) is 0.562. The lowest BCUT2D eigenvalue weighted by Crippen LogP contribution is -2.34. The molecule has 0 aromatic heterocycles. The molecule has 0 amide bonds. The van der Waals surface area contributed by atoms with Crippen molar-refractivity contribution in [2.45, 2.75) is 40.0 Å². The fourth-order valence-electron chi connectivity index (χ4n) is 2.77. The maximum absolute atomic E-state index is 12.5. The summed E-state index contributed by atoms with van der Waals surface area (Å²) in [5, 5.41) is 3.33. The van der Waals surface area contributed by atoms with E-state index in [2.05, 4.69) is 44.3 Å². The Morgan fingerprint density at radius 1 is 1.33 bits per heavy atom. The highest BCUT2D eigenvalue weighted by atomic mass is 16.1. The summed E-state index contributed by atoms with van der Waals surface area (Å²) < 4.78 is 0. The molecule has 0 radical (unpaired) electrons. The summed E-state index contributed by atoms with van der Waals surface area (Å²) in [6, 6.07) is 6.36. The topological polar surface area (TPSA) is 29.1 Å². The summed E-state index contributed by atoms with van der Waals surface area (Å²) >= 11 is 0. The van der Waals surface area contributed by atoms with Gasteiger partial charge in [-0.2, -0.15) is 0 Å². The van der Waals surface area contributed by atoms with Crippen LogP contribution in [-0.4, -0.2) is 18.9 Å². The molecular formula is C16H23NO. The van der Waals surface area contributed by atoms with Crippen LogP contribution in [0.25, 0.3) is 0 Å². The third-order valence-electron chi connectivity index (χ3n) is 4.45. The molecule has 1 fully saturated rings. The molecule has 1 aromatic rings. The third kappa shape index (κ3) is 2.49. The molecule has 1 heterocycles. The van der Waals surface area contributed by atoms with Crippen LogP contribution in [0.15, 0.2) is 18.2 Å². The maximum Gasteiger partial charge on any atom is 0.144 e. The third-order valence-corrected chi connectivity index (χ3v) is 4.45. The first-order valence-electron chi connectivity index (χ1n) is 6.87. The van der Waals surface area contributed by atoms with Gasteiger partial charge >= 0.3 is 0 Å². The van der Waals surface area contributed by atoms with Crippen molar-refractivity contribution in [1.29, 1.82) is 0 Å². The van der Waals surface area contributed by atoms with Gasteiger partial charge in [0.05, 0.1) is 0 Å². The van der Waals surface area contributed by atoms with Crippen molar-refractivity contribution < 1.29 is 4.79 Å². The second kappa shape index (κ2) is 5.23. The van der Waals surface area contributed by atoms with Gasteiger partial charge in [-0.05, 0) is 49.9 Å². The second-order valence-electron chi connectivity index (χ2n) is 5.58. The molecule has 98 valence electrons. The standard InChI is InChI=1S/C16H23NO/c1-4-16(7-8-17-11-16)15(18)10-14-6-5-12(2)13(3)9-14/h5-6,9,17H,4,7-8,10-11H2,1-3H3. The molecule has 1 saturated heterocycles. The monoisotopic (exact) mass is 245 g/mol. The second-order valence-corrected chi connectivity index (χ2v) is 5.58. The minimum atomic E-state index is -0.112. The van der Waals surface area contributed by atoms with Crippen LogP contribution in [0.1, 0.15) is 36.5 Å². The van der Waals surface area contributed by atoms with Gasteiger partial charge in [-0.15, -0.1) is 0 Å². The Labute approximate surface area is 110 Å². The molecule has 1 unspecified atom stereocenters. The van der Waals surface area contributed by atoms with Crippen LogP contribution in [0.4, 0.5) is 0 Å². The molecule has 2 rings (SSSR count). The lowest BCUT2D eigenvalue weighted by molar-refractivity contribution is -0.127. The van der Waals surface area contributed by atoms with Gasteiger partial charge in [-0.1, -0.05) is 25.1 Å². The van der Waals surface area contributed by atoms with Gasteiger partial charge in [0.15, 0.2) is 0 Å². The molecule has 1 N–H and O–H groups in total. The number of nitrogens with one attached hydrogen (secondary N) is 1. The molecule has 1 aliphatic rings. The predicted molar refractivity (Wildman–Crippen MR) is 74.8 cm³/mol. The number of hydrogen-bond donors (Lipinski definition) is 1. The zero-order valence-electron chi connectivity index (χ0n) is 11.7. The molecule has 2 heteroatoms. The zero-order valence-corrected chi connectivity index (χ0v) is 11.7. The van der Waals surface area contributed by atoms with Crippen molar-refractivity contribution in [2.24, 2.45) is 5.41 Å². The summed E-state index contributed by atoms with van der Waals surface area (Å²) in [6.45, 7) is 8.18. The minimum Gasteiger partial charge on any atom is -0.316 e. The quantitative estimate of drug-likeness (QED) is 0.883. The summed E-state index contributed by atoms with van der Waals surface area (Å²) in [5.41, 5.74) is 3.61. The summed E-state index contributed by atoms with van der Waals surface area (Å²) in [6.07, 6.45) is 2.52. The SMILES string of the molecule is CCC1(C(=O)Cc2ccc(C)c(C)c2)CCNC1. The van der Waals surface area contributed by atoms with Gasteiger partial charge < -0.3 is 5.32 Å². The largest absolute Gasteiger partial charge is 0.316 e. The summed E-state index contributed by atoms with van der Waals surface area (Å²) in [7, 11) is 0. The predicted octanol–water partition coefficient (Wildman–Crippen LogP) is 2.80. The van der Waals surface area contributed by atoms with E-state index in [9.17, 15) is 4.79 Å². The van der Waals surface area contributed by atoms with E-state index in [4.69, 9.17) is 0 Å². The summed E-state index contributed by atoms with van der Waals surface area (Å²) in [5.74, 6) is 0.401. The van der Waals surface area contributed by atoms with Crippen molar-refractivity contribution in [2.75, 3.05) is 13.1 Å². The van der Waals surface area contributed by atoms with Crippen LogP contribution in [0, 0.1) is 19.3 Å². The van der Waals surface area contributed by atoms with E-state index in [1.54, 1.807) is 0 Å². The van der Waals surface area contributed by atoms with Crippen molar-refractivity contribution in [3.63, 3.8) is 0 Å². The zero-order chi connectivity index (χ0) is 13.2. The first-order valence-corrected chi connectivity index (χ1v) is 6.87. The molecule has 2 nitrogen and oxygen atoms in total. The number of carbonyl (C=O) groups is 1. The highest BCUT2D eigenvalue weighted by Crippen LogP contribution is 2.31. The first-order chi connectivity index (χ1) is 8.57. The highest BCUT2D eigenvalue weighted by molar-refractivity contribution is 5.87. The number of rotatable bonds is 4. The minimum absolute atomic E-state index is 0.112. The van der Waals surface area contributed by atoms with Crippen LogP contribution in [0.2, 0.25) is 0 Å². The molecule has 0 spiro atoms. The van der Waals surface area contributed by atoms with Crippen molar-refractivity contribution in [1.82, 2.24) is 5.32 Å². The number of benzene rings is 1. The molecule has 1 atom stereocenters. The van der Waals surface area contributed by atoms with Crippen molar-refractivity contribution >= 4 is 5.78 Å². The Morgan fingerprint density at radius 3 is 2.67 bits per heavy atom. The van der Waals surface area contributed by atoms with Gasteiger partial charge in [0.25, 0.3) is 0 Å². The van der Waals surface area contributed by atoms with Crippen LogP contribution < -0.4 is 5.32 Å². The van der Waals surface area contributed by atoms with E-state index in [0.717, 1.165) is 31.5 Å². The molecular weight excluding hydrogens is 222 g/mol. The number of ketones is 1. The van der Waals surface area contributed by atoms with E-state index >= 15 is 0 Å². The van der Waals surface area contributed by atoms with Crippen LogP contribution in [-0.2, 0) is 11.2 Å². The Bertz CT molecular complexity index is 444. The highest BCUT2D eigenvalue weighted by Gasteiger charge is 2.38. The molecule has 18 heavy (non-hydrogen) atoms. The smallest absolute Gasteiger partial charge is 0.144 e. The normalized spacial score (nSPS) is 23.3. The Hall–Kier alpha value is -1.15. The van der Waals surface area contributed by atoms with E-state index in [-0.39, 0.29) is 5.41 Å². The van der Waals surface area contributed by atoms with Gasteiger partial charge in [0.2, 0.25) is 0 Å². The fourth-order valence-corrected chi connectivity index (χ4v) is 2.77. The number of carbonyl (C=O) groups excluding carboxylic acids is 1. The van der Waals surface area contributed by atoms with Gasteiger partial charge in [0, 0.05) is 18.4 Å². The summed E-state index contributed by atoms with van der Waals surface area (Å²) in [4.78, 5) is 12.5. The first kappa shape index (κ1) is 13.3. The Balaban J connectivity index is 2.13. The molecule has 0 aliphatic carbocycles. The average molecular weight is 245 g/mol. The van der Waals surface area contributed by atoms with Crippen molar-refractivity contribution in [3.05, 3.63) is 34.9 Å². The molecule has 0 bridgehead atoms. The van der Waals surface area contributed by atoms with E-state index in [1.165, 1.54) is 11.1 Å². The van der Waals surface area contributed by atoms with Crippen molar-refractivity contribution in [3.8, 4) is 0 Å². The van der Waals surface area contributed by atoms with Gasteiger partial charge in [-0.3, -0.25) is 4.79 Å². The van der Waals surface area contributed by atoms with E-state index < -0.39 is 0 Å².